The van der Waals surface area contributed by atoms with Gasteiger partial charge < -0.3 is 10.8 Å². The molecule has 15 heavy (non-hydrogen) atoms. The van der Waals surface area contributed by atoms with E-state index in [4.69, 9.17) is 15.6 Å². The smallest absolute Gasteiger partial charge is 0.300 e. The molecule has 0 aliphatic heterocycles. The second-order valence-corrected chi connectivity index (χ2v) is 3.24. The van der Waals surface area contributed by atoms with Gasteiger partial charge in [-0.3, -0.25) is 4.79 Å². The van der Waals surface area contributed by atoms with Crippen molar-refractivity contribution in [2.24, 2.45) is 5.73 Å². The van der Waals surface area contributed by atoms with Crippen LogP contribution in [0.1, 0.15) is 26.7 Å². The number of carboxylic acid groups (broad SMARTS) is 1. The van der Waals surface area contributed by atoms with E-state index in [1.807, 2.05) is 0 Å². The van der Waals surface area contributed by atoms with Gasteiger partial charge in [-0.05, 0) is 24.1 Å². The Kier molecular flexibility index (Phi) is 7.28. The van der Waals surface area contributed by atoms with Crippen LogP contribution in [0, 0.1) is 0 Å². The van der Waals surface area contributed by atoms with Crippen LogP contribution >= 0.6 is 0 Å². The highest BCUT2D eigenvalue weighted by atomic mass is 16.4. The van der Waals surface area contributed by atoms with Crippen molar-refractivity contribution >= 4 is 5.97 Å². The molecule has 0 saturated carbocycles. The molecule has 3 N–H and O–H groups in total. The zero-order chi connectivity index (χ0) is 11.7. The Bertz CT molecular complexity index is 253. The monoisotopic (exact) mass is 209 g/mol. The van der Waals surface area contributed by atoms with Gasteiger partial charge in [0.15, 0.2) is 0 Å². The van der Waals surface area contributed by atoms with E-state index < -0.39 is 5.97 Å². The molecule has 0 heterocycles. The molecule has 0 unspecified atom stereocenters. The number of benzene rings is 1. The van der Waals surface area contributed by atoms with Crippen molar-refractivity contribution in [1.29, 1.82) is 0 Å². The Labute approximate surface area is 90.9 Å². The average Bonchev–Trinajstić information content (AvgIpc) is 2.13. The quantitative estimate of drug-likeness (QED) is 0.798. The lowest BCUT2D eigenvalue weighted by Gasteiger charge is -2.10. The van der Waals surface area contributed by atoms with Crippen LogP contribution in [0.15, 0.2) is 24.3 Å². The first kappa shape index (κ1) is 13.7. The summed E-state index contributed by atoms with van der Waals surface area (Å²) < 4.78 is 0. The van der Waals surface area contributed by atoms with Crippen molar-refractivity contribution in [2.75, 3.05) is 6.54 Å². The summed E-state index contributed by atoms with van der Waals surface area (Å²) in [5.41, 5.74) is 7.99. The molecule has 0 spiro atoms. The van der Waals surface area contributed by atoms with Gasteiger partial charge in [-0.15, -0.1) is 0 Å². The van der Waals surface area contributed by atoms with Crippen molar-refractivity contribution in [1.82, 2.24) is 0 Å². The standard InChI is InChI=1S/C6H4.C4H11N.C2H4O2/c1-2-6-4-3-5(1)6;1-2-3-4-5;1-2(3)4/h1-4H;2-5H2,1H3;1H3,(H,3,4). The molecule has 2 aliphatic rings. The van der Waals surface area contributed by atoms with Gasteiger partial charge in [-0.1, -0.05) is 37.6 Å². The molecule has 0 atom stereocenters. The normalized spacial score (nSPS) is 9.00. The topological polar surface area (TPSA) is 63.3 Å². The molecule has 2 aliphatic carbocycles. The SMILES string of the molecule is CC(=O)O.CCCCN.c1cc2ccc1-2. The third-order valence-electron chi connectivity index (χ3n) is 1.78. The Hall–Kier alpha value is -1.35. The molecule has 0 fully saturated rings. The number of carboxylic acids is 1. The lowest BCUT2D eigenvalue weighted by atomic mass is 9.95. The summed E-state index contributed by atoms with van der Waals surface area (Å²) in [7, 11) is 0. The van der Waals surface area contributed by atoms with E-state index in [0.717, 1.165) is 13.5 Å². The molecule has 3 heteroatoms. The van der Waals surface area contributed by atoms with E-state index in [9.17, 15) is 0 Å². The molecule has 0 bridgehead atoms. The molecule has 0 aromatic heterocycles. The first-order chi connectivity index (χ1) is 7.11. The van der Waals surface area contributed by atoms with Crippen molar-refractivity contribution < 1.29 is 9.90 Å². The maximum Gasteiger partial charge on any atom is 0.300 e. The summed E-state index contributed by atoms with van der Waals surface area (Å²) in [6.45, 7) is 4.06. The fourth-order valence-corrected chi connectivity index (χ4v) is 0.867. The molecule has 0 aromatic rings. The predicted octanol–water partition coefficient (Wildman–Crippen LogP) is 2.50. The molecule has 0 aromatic carbocycles. The maximum absolute atomic E-state index is 9.00. The van der Waals surface area contributed by atoms with Crippen LogP contribution in [0.5, 0.6) is 0 Å². The van der Waals surface area contributed by atoms with E-state index in [0.29, 0.717) is 0 Å². The molecule has 0 amide bonds. The molecular formula is C12H19NO2. The van der Waals surface area contributed by atoms with E-state index in [1.165, 1.54) is 24.0 Å². The van der Waals surface area contributed by atoms with Crippen LogP contribution in [0.25, 0.3) is 11.1 Å². The Balaban J connectivity index is 0.000000203. The first-order valence-electron chi connectivity index (χ1n) is 5.11. The third-order valence-corrected chi connectivity index (χ3v) is 1.78. The predicted molar refractivity (Wildman–Crippen MR) is 62.7 cm³/mol. The van der Waals surface area contributed by atoms with Crippen LogP contribution in [-0.2, 0) is 4.79 Å². The fraction of sp³-hybridized carbons (Fsp3) is 0.417. The number of rotatable bonds is 2. The van der Waals surface area contributed by atoms with Crippen LogP contribution in [0.4, 0.5) is 0 Å². The minimum absolute atomic E-state index is 0.833. The number of carbonyl (C=O) groups is 1. The number of unbranched alkanes of at least 4 members (excludes halogenated alkanes) is 1. The number of hydrogen-bond donors (Lipinski definition) is 2. The Morgan fingerprint density at radius 2 is 1.60 bits per heavy atom. The minimum Gasteiger partial charge on any atom is -0.481 e. The van der Waals surface area contributed by atoms with Gasteiger partial charge in [-0.2, -0.15) is 0 Å². The average molecular weight is 209 g/mol. The molecular weight excluding hydrogens is 190 g/mol. The molecule has 2 rings (SSSR count). The molecule has 3 nitrogen and oxygen atoms in total. The van der Waals surface area contributed by atoms with Gasteiger partial charge >= 0.3 is 0 Å². The van der Waals surface area contributed by atoms with Crippen LogP contribution in [0.3, 0.4) is 0 Å². The highest BCUT2D eigenvalue weighted by molar-refractivity contribution is 5.75. The maximum atomic E-state index is 9.00. The van der Waals surface area contributed by atoms with E-state index >= 15 is 0 Å². The highest BCUT2D eigenvalue weighted by Gasteiger charge is 2.03. The number of hydrogen-bond acceptors (Lipinski definition) is 2. The Morgan fingerprint density at radius 3 is 1.60 bits per heavy atom. The summed E-state index contributed by atoms with van der Waals surface area (Å²) in [6.07, 6.45) is 2.39. The van der Waals surface area contributed by atoms with Gasteiger partial charge in [0.2, 0.25) is 0 Å². The lowest BCUT2D eigenvalue weighted by molar-refractivity contribution is -0.134. The third kappa shape index (κ3) is 6.69. The summed E-state index contributed by atoms with van der Waals surface area (Å²) >= 11 is 0. The fourth-order valence-electron chi connectivity index (χ4n) is 0.867. The van der Waals surface area contributed by atoms with Gasteiger partial charge in [0.1, 0.15) is 0 Å². The van der Waals surface area contributed by atoms with Crippen LogP contribution < -0.4 is 5.73 Å². The second kappa shape index (κ2) is 8.00. The van der Waals surface area contributed by atoms with Gasteiger partial charge in [0.05, 0.1) is 0 Å². The summed E-state index contributed by atoms with van der Waals surface area (Å²) in [5.74, 6) is -0.833. The van der Waals surface area contributed by atoms with Gasteiger partial charge in [0.25, 0.3) is 5.97 Å². The number of fused-ring (bicyclic) bond motifs is 1. The molecule has 0 radical (unpaired) electrons. The van der Waals surface area contributed by atoms with E-state index in [1.54, 1.807) is 0 Å². The molecule has 0 saturated heterocycles. The summed E-state index contributed by atoms with van der Waals surface area (Å²) in [5, 5.41) is 7.42. The van der Waals surface area contributed by atoms with Crippen molar-refractivity contribution in [3.8, 4) is 11.1 Å². The van der Waals surface area contributed by atoms with E-state index in [2.05, 4.69) is 31.2 Å². The van der Waals surface area contributed by atoms with Crippen molar-refractivity contribution in [2.45, 2.75) is 26.7 Å². The summed E-state index contributed by atoms with van der Waals surface area (Å²) in [6, 6.07) is 8.48. The van der Waals surface area contributed by atoms with E-state index in [-0.39, 0.29) is 0 Å². The van der Waals surface area contributed by atoms with Crippen LogP contribution in [-0.4, -0.2) is 17.6 Å². The number of nitrogens with two attached hydrogens (primary N) is 1. The first-order valence-corrected chi connectivity index (χ1v) is 5.11. The summed E-state index contributed by atoms with van der Waals surface area (Å²) in [4.78, 5) is 9.00. The zero-order valence-electron chi connectivity index (χ0n) is 9.36. The van der Waals surface area contributed by atoms with Gasteiger partial charge in [0, 0.05) is 6.92 Å². The largest absolute Gasteiger partial charge is 0.481 e. The van der Waals surface area contributed by atoms with Gasteiger partial charge in [-0.25, -0.2) is 0 Å². The number of aliphatic carboxylic acids is 1. The molecule has 84 valence electrons. The Morgan fingerprint density at radius 1 is 1.27 bits per heavy atom. The zero-order valence-corrected chi connectivity index (χ0v) is 9.36. The van der Waals surface area contributed by atoms with Crippen molar-refractivity contribution in [3.05, 3.63) is 24.3 Å². The van der Waals surface area contributed by atoms with Crippen molar-refractivity contribution in [3.63, 3.8) is 0 Å². The van der Waals surface area contributed by atoms with Crippen LogP contribution in [0.2, 0.25) is 0 Å². The highest BCUT2D eigenvalue weighted by Crippen LogP contribution is 2.29. The lowest BCUT2D eigenvalue weighted by Crippen LogP contribution is -1.95. The minimum atomic E-state index is -0.833. The second-order valence-electron chi connectivity index (χ2n) is 3.24.